The first-order chi connectivity index (χ1) is 7.28. The van der Waals surface area contributed by atoms with Gasteiger partial charge in [-0.25, -0.2) is 9.37 Å². The molecule has 1 aromatic heterocycles. The first-order valence-electron chi connectivity index (χ1n) is 4.65. The second-order valence-electron chi connectivity index (χ2n) is 3.24. The van der Waals surface area contributed by atoms with E-state index in [-0.39, 0.29) is 12.4 Å². The first-order valence-corrected chi connectivity index (χ1v) is 4.65. The van der Waals surface area contributed by atoms with Crippen LogP contribution in [0.4, 0.5) is 4.39 Å². The molecule has 78 valence electrons. The number of nitrogens with zero attached hydrogens (tertiary/aromatic N) is 1. The zero-order valence-corrected chi connectivity index (χ0v) is 8.11. The standard InChI is InChI=1S/C11H11FN2O/c12-9-3-1-2-8(4-9)5-10-7-15-11(6-13)14-10/h1-4,7H,5-6,13H2. The number of oxazole rings is 1. The van der Waals surface area contributed by atoms with E-state index in [0.29, 0.717) is 12.3 Å². The predicted molar refractivity (Wildman–Crippen MR) is 53.6 cm³/mol. The zero-order chi connectivity index (χ0) is 10.7. The van der Waals surface area contributed by atoms with E-state index >= 15 is 0 Å². The van der Waals surface area contributed by atoms with Crippen molar-refractivity contribution < 1.29 is 8.81 Å². The Morgan fingerprint density at radius 3 is 2.93 bits per heavy atom. The van der Waals surface area contributed by atoms with Crippen molar-refractivity contribution in [1.82, 2.24) is 4.98 Å². The van der Waals surface area contributed by atoms with Crippen LogP contribution in [0, 0.1) is 5.82 Å². The first kappa shape index (κ1) is 9.86. The Labute approximate surface area is 86.7 Å². The van der Waals surface area contributed by atoms with Gasteiger partial charge in [-0.05, 0) is 17.7 Å². The Hall–Kier alpha value is -1.68. The predicted octanol–water partition coefficient (Wildman–Crippen LogP) is 1.86. The number of benzene rings is 1. The molecule has 0 bridgehead atoms. The van der Waals surface area contributed by atoms with Gasteiger partial charge in [0.2, 0.25) is 5.89 Å². The molecule has 4 heteroatoms. The van der Waals surface area contributed by atoms with Gasteiger partial charge in [0.1, 0.15) is 12.1 Å². The van der Waals surface area contributed by atoms with E-state index in [2.05, 4.69) is 4.98 Å². The molecule has 15 heavy (non-hydrogen) atoms. The van der Waals surface area contributed by atoms with Gasteiger partial charge in [0.15, 0.2) is 0 Å². The molecule has 0 atom stereocenters. The Morgan fingerprint density at radius 1 is 1.40 bits per heavy atom. The molecular formula is C11H11FN2O. The van der Waals surface area contributed by atoms with E-state index in [1.807, 2.05) is 6.07 Å². The van der Waals surface area contributed by atoms with Crippen molar-refractivity contribution in [3.63, 3.8) is 0 Å². The third-order valence-corrected chi connectivity index (χ3v) is 2.05. The topological polar surface area (TPSA) is 52.0 Å². The number of hydrogen-bond acceptors (Lipinski definition) is 3. The highest BCUT2D eigenvalue weighted by atomic mass is 19.1. The van der Waals surface area contributed by atoms with Gasteiger partial charge in [0.05, 0.1) is 12.2 Å². The minimum Gasteiger partial charge on any atom is -0.447 e. The van der Waals surface area contributed by atoms with Gasteiger partial charge in [0.25, 0.3) is 0 Å². The lowest BCUT2D eigenvalue weighted by atomic mass is 10.1. The van der Waals surface area contributed by atoms with E-state index < -0.39 is 0 Å². The molecule has 0 unspecified atom stereocenters. The summed E-state index contributed by atoms with van der Waals surface area (Å²) in [7, 11) is 0. The van der Waals surface area contributed by atoms with Crippen LogP contribution in [0.1, 0.15) is 17.1 Å². The van der Waals surface area contributed by atoms with E-state index in [1.165, 1.54) is 12.1 Å². The van der Waals surface area contributed by atoms with Crippen molar-refractivity contribution in [2.24, 2.45) is 5.73 Å². The summed E-state index contributed by atoms with van der Waals surface area (Å²) >= 11 is 0. The molecule has 0 fully saturated rings. The monoisotopic (exact) mass is 206 g/mol. The average molecular weight is 206 g/mol. The Kier molecular flexibility index (Phi) is 2.78. The summed E-state index contributed by atoms with van der Waals surface area (Å²) in [6, 6.07) is 6.42. The van der Waals surface area contributed by atoms with E-state index in [4.69, 9.17) is 10.2 Å². The number of halogens is 1. The van der Waals surface area contributed by atoms with Crippen molar-refractivity contribution in [2.45, 2.75) is 13.0 Å². The molecule has 1 heterocycles. The normalized spacial score (nSPS) is 10.5. The number of hydrogen-bond donors (Lipinski definition) is 1. The SMILES string of the molecule is NCc1nc(Cc2cccc(F)c2)co1. The third-order valence-electron chi connectivity index (χ3n) is 2.05. The molecule has 0 aliphatic heterocycles. The number of rotatable bonds is 3. The summed E-state index contributed by atoms with van der Waals surface area (Å²) in [5, 5.41) is 0. The molecule has 0 amide bonds. The fraction of sp³-hybridized carbons (Fsp3) is 0.182. The molecular weight excluding hydrogens is 195 g/mol. The third kappa shape index (κ3) is 2.41. The van der Waals surface area contributed by atoms with Gasteiger partial charge in [-0.2, -0.15) is 0 Å². The van der Waals surface area contributed by atoms with Crippen molar-refractivity contribution in [3.8, 4) is 0 Å². The van der Waals surface area contributed by atoms with Crippen LogP contribution in [0.25, 0.3) is 0 Å². The highest BCUT2D eigenvalue weighted by molar-refractivity contribution is 5.21. The van der Waals surface area contributed by atoms with Crippen LogP contribution in [0.2, 0.25) is 0 Å². The molecule has 2 rings (SSSR count). The lowest BCUT2D eigenvalue weighted by Gasteiger charge is -1.96. The van der Waals surface area contributed by atoms with Gasteiger partial charge in [-0.1, -0.05) is 12.1 Å². The Morgan fingerprint density at radius 2 is 2.27 bits per heavy atom. The summed E-state index contributed by atoms with van der Waals surface area (Å²) in [6.45, 7) is 0.281. The van der Waals surface area contributed by atoms with Crippen molar-refractivity contribution in [1.29, 1.82) is 0 Å². The second kappa shape index (κ2) is 4.23. The van der Waals surface area contributed by atoms with E-state index in [9.17, 15) is 4.39 Å². The van der Waals surface area contributed by atoms with Crippen LogP contribution < -0.4 is 5.73 Å². The molecule has 0 radical (unpaired) electrons. The highest BCUT2D eigenvalue weighted by Crippen LogP contribution is 2.10. The summed E-state index contributed by atoms with van der Waals surface area (Å²) in [4.78, 5) is 4.14. The average Bonchev–Trinajstić information content (AvgIpc) is 2.65. The molecule has 3 nitrogen and oxygen atoms in total. The Bertz CT molecular complexity index is 453. The smallest absolute Gasteiger partial charge is 0.207 e. The minimum absolute atomic E-state index is 0.241. The van der Waals surface area contributed by atoms with Crippen molar-refractivity contribution in [2.75, 3.05) is 0 Å². The number of aromatic nitrogens is 1. The highest BCUT2D eigenvalue weighted by Gasteiger charge is 2.03. The molecule has 2 aromatic rings. The summed E-state index contributed by atoms with van der Waals surface area (Å²) in [6.07, 6.45) is 2.11. The van der Waals surface area contributed by atoms with Crippen LogP contribution in [-0.2, 0) is 13.0 Å². The summed E-state index contributed by atoms with van der Waals surface area (Å²) < 4.78 is 18.0. The lowest BCUT2D eigenvalue weighted by Crippen LogP contribution is -1.97. The minimum atomic E-state index is -0.241. The number of nitrogens with two attached hydrogens (primary N) is 1. The van der Waals surface area contributed by atoms with Gasteiger partial charge < -0.3 is 10.2 Å². The van der Waals surface area contributed by atoms with E-state index in [0.717, 1.165) is 11.3 Å². The molecule has 0 aliphatic rings. The largest absolute Gasteiger partial charge is 0.447 e. The van der Waals surface area contributed by atoms with Gasteiger partial charge in [-0.3, -0.25) is 0 Å². The lowest BCUT2D eigenvalue weighted by molar-refractivity contribution is 0.497. The van der Waals surface area contributed by atoms with Crippen LogP contribution in [-0.4, -0.2) is 4.98 Å². The maximum atomic E-state index is 12.9. The fourth-order valence-corrected chi connectivity index (χ4v) is 1.38. The molecule has 1 aromatic carbocycles. The molecule has 0 spiro atoms. The van der Waals surface area contributed by atoms with Gasteiger partial charge >= 0.3 is 0 Å². The molecule has 0 saturated carbocycles. The van der Waals surface area contributed by atoms with Crippen LogP contribution >= 0.6 is 0 Å². The fourth-order valence-electron chi connectivity index (χ4n) is 1.38. The van der Waals surface area contributed by atoms with Crippen LogP contribution in [0.3, 0.4) is 0 Å². The molecule has 2 N–H and O–H groups in total. The molecule has 0 saturated heterocycles. The quantitative estimate of drug-likeness (QED) is 0.833. The summed E-state index contributed by atoms with van der Waals surface area (Å²) in [5.41, 5.74) is 7.00. The second-order valence-corrected chi connectivity index (χ2v) is 3.24. The van der Waals surface area contributed by atoms with E-state index in [1.54, 1.807) is 12.3 Å². The summed E-state index contributed by atoms with van der Waals surface area (Å²) in [5.74, 6) is 0.261. The van der Waals surface area contributed by atoms with Crippen molar-refractivity contribution >= 4 is 0 Å². The Balaban J connectivity index is 2.14. The van der Waals surface area contributed by atoms with Gasteiger partial charge in [-0.15, -0.1) is 0 Å². The van der Waals surface area contributed by atoms with Crippen LogP contribution in [0.15, 0.2) is 34.9 Å². The van der Waals surface area contributed by atoms with Crippen LogP contribution in [0.5, 0.6) is 0 Å². The van der Waals surface area contributed by atoms with Crippen molar-refractivity contribution in [3.05, 3.63) is 53.5 Å². The maximum absolute atomic E-state index is 12.9. The molecule has 0 aliphatic carbocycles. The maximum Gasteiger partial charge on any atom is 0.207 e. The zero-order valence-electron chi connectivity index (χ0n) is 8.11. The van der Waals surface area contributed by atoms with Gasteiger partial charge in [0, 0.05) is 6.42 Å².